The maximum Gasteiger partial charge on any atom is 0.164 e. The molecule has 1 N–H and O–H groups in total. The molecule has 0 aliphatic heterocycles. The lowest BCUT2D eigenvalue weighted by Crippen LogP contribution is -2.03. The zero-order valence-corrected chi connectivity index (χ0v) is 10.9. The molecule has 0 atom stereocenters. The molecule has 0 heterocycles. The van der Waals surface area contributed by atoms with Crippen LogP contribution in [0.15, 0.2) is 12.1 Å². The summed E-state index contributed by atoms with van der Waals surface area (Å²) in [7, 11) is 3.10. The third-order valence-corrected chi connectivity index (χ3v) is 2.41. The number of phenols is 1. The van der Waals surface area contributed by atoms with Gasteiger partial charge in [-0.25, -0.2) is 0 Å². The topological polar surface area (TPSA) is 65.0 Å². The molecule has 100 valence electrons. The molecular weight excluding hydrogens is 236 g/mol. The Morgan fingerprint density at radius 2 is 1.94 bits per heavy atom. The van der Waals surface area contributed by atoms with Gasteiger partial charge in [0, 0.05) is 26.2 Å². The molecule has 0 saturated heterocycles. The van der Waals surface area contributed by atoms with E-state index >= 15 is 0 Å². The van der Waals surface area contributed by atoms with Crippen LogP contribution in [0.2, 0.25) is 0 Å². The largest absolute Gasteiger partial charge is 0.507 e. The van der Waals surface area contributed by atoms with Crippen LogP contribution >= 0.6 is 0 Å². The zero-order valence-electron chi connectivity index (χ0n) is 10.9. The third kappa shape index (κ3) is 3.63. The van der Waals surface area contributed by atoms with Gasteiger partial charge in [0.25, 0.3) is 0 Å². The number of benzene rings is 1. The summed E-state index contributed by atoms with van der Waals surface area (Å²) in [6, 6.07) is 2.87. The van der Waals surface area contributed by atoms with Crippen molar-refractivity contribution in [2.45, 2.75) is 13.3 Å². The Bertz CT molecular complexity index is 414. The number of carbonyl (C=O) groups excluding carboxylic acids is 1. The molecule has 0 spiro atoms. The van der Waals surface area contributed by atoms with Gasteiger partial charge in [-0.2, -0.15) is 0 Å². The molecule has 5 heteroatoms. The van der Waals surface area contributed by atoms with Crippen LogP contribution < -0.4 is 9.47 Å². The van der Waals surface area contributed by atoms with Gasteiger partial charge in [-0.05, 0) is 13.0 Å². The van der Waals surface area contributed by atoms with Crippen molar-refractivity contribution in [3.05, 3.63) is 17.7 Å². The number of methoxy groups -OCH3 is 2. The fourth-order valence-corrected chi connectivity index (χ4v) is 1.49. The SMILES string of the molecule is COCCCOc1cc(O)c(C(C)=O)cc1OC. The van der Waals surface area contributed by atoms with Crippen molar-refractivity contribution in [3.8, 4) is 17.2 Å². The van der Waals surface area contributed by atoms with Gasteiger partial charge >= 0.3 is 0 Å². The second-order valence-corrected chi connectivity index (χ2v) is 3.77. The van der Waals surface area contributed by atoms with E-state index in [0.717, 1.165) is 6.42 Å². The summed E-state index contributed by atoms with van der Waals surface area (Å²) in [6.07, 6.45) is 0.731. The Labute approximate surface area is 106 Å². The first-order valence-corrected chi connectivity index (χ1v) is 5.63. The van der Waals surface area contributed by atoms with Gasteiger partial charge in [0.15, 0.2) is 17.3 Å². The molecule has 1 aromatic rings. The maximum atomic E-state index is 11.3. The first-order chi connectivity index (χ1) is 8.60. The van der Waals surface area contributed by atoms with E-state index in [2.05, 4.69) is 0 Å². The van der Waals surface area contributed by atoms with Gasteiger partial charge in [-0.3, -0.25) is 4.79 Å². The van der Waals surface area contributed by atoms with Crippen molar-refractivity contribution >= 4 is 5.78 Å². The number of phenolic OH excluding ortho intramolecular Hbond substituents is 1. The van der Waals surface area contributed by atoms with Gasteiger partial charge < -0.3 is 19.3 Å². The van der Waals surface area contributed by atoms with E-state index in [9.17, 15) is 9.90 Å². The van der Waals surface area contributed by atoms with Crippen molar-refractivity contribution in [1.82, 2.24) is 0 Å². The molecule has 0 aromatic heterocycles. The normalized spacial score (nSPS) is 10.2. The molecule has 0 amide bonds. The smallest absolute Gasteiger partial charge is 0.164 e. The predicted molar refractivity (Wildman–Crippen MR) is 66.7 cm³/mol. The van der Waals surface area contributed by atoms with Crippen molar-refractivity contribution < 1.29 is 24.1 Å². The summed E-state index contributed by atoms with van der Waals surface area (Å²) in [5.41, 5.74) is 0.219. The van der Waals surface area contributed by atoms with Crippen LogP contribution in [0.3, 0.4) is 0 Å². The highest BCUT2D eigenvalue weighted by molar-refractivity contribution is 5.97. The Morgan fingerprint density at radius 3 is 2.50 bits per heavy atom. The molecule has 0 aliphatic carbocycles. The summed E-state index contributed by atoms with van der Waals surface area (Å²) in [5, 5.41) is 9.70. The number of carbonyl (C=O) groups is 1. The average molecular weight is 254 g/mol. The van der Waals surface area contributed by atoms with E-state index in [1.165, 1.54) is 26.2 Å². The van der Waals surface area contributed by atoms with Gasteiger partial charge in [0.05, 0.1) is 19.3 Å². The Morgan fingerprint density at radius 1 is 1.22 bits per heavy atom. The van der Waals surface area contributed by atoms with Crippen LogP contribution in [-0.2, 0) is 4.74 Å². The molecule has 0 bridgehead atoms. The van der Waals surface area contributed by atoms with Crippen molar-refractivity contribution in [3.63, 3.8) is 0 Å². The Kier molecular flexibility index (Phi) is 5.45. The zero-order chi connectivity index (χ0) is 13.5. The molecule has 0 fully saturated rings. The summed E-state index contributed by atoms with van der Waals surface area (Å²) >= 11 is 0. The lowest BCUT2D eigenvalue weighted by molar-refractivity contribution is 0.101. The van der Waals surface area contributed by atoms with Crippen LogP contribution in [0, 0.1) is 0 Å². The summed E-state index contributed by atoms with van der Waals surface area (Å²) in [6.45, 7) is 2.43. The quantitative estimate of drug-likeness (QED) is 0.595. The first kappa shape index (κ1) is 14.3. The highest BCUT2D eigenvalue weighted by Crippen LogP contribution is 2.34. The van der Waals surface area contributed by atoms with Crippen molar-refractivity contribution in [2.75, 3.05) is 27.4 Å². The summed E-state index contributed by atoms with van der Waals surface area (Å²) in [5.74, 6) is 0.508. The third-order valence-electron chi connectivity index (χ3n) is 2.41. The van der Waals surface area contributed by atoms with Crippen molar-refractivity contribution in [2.24, 2.45) is 0 Å². The molecule has 5 nitrogen and oxygen atoms in total. The molecule has 1 rings (SSSR count). The van der Waals surface area contributed by atoms with Gasteiger partial charge in [0.1, 0.15) is 5.75 Å². The molecular formula is C13H18O5. The number of hydrogen-bond donors (Lipinski definition) is 1. The lowest BCUT2D eigenvalue weighted by Gasteiger charge is -2.12. The predicted octanol–water partition coefficient (Wildman–Crippen LogP) is 2.02. The van der Waals surface area contributed by atoms with Gasteiger partial charge in [-0.15, -0.1) is 0 Å². The van der Waals surface area contributed by atoms with E-state index in [1.807, 2.05) is 0 Å². The van der Waals surface area contributed by atoms with E-state index in [4.69, 9.17) is 14.2 Å². The Balaban J connectivity index is 2.84. The highest BCUT2D eigenvalue weighted by atomic mass is 16.5. The highest BCUT2D eigenvalue weighted by Gasteiger charge is 2.13. The van der Waals surface area contributed by atoms with E-state index in [-0.39, 0.29) is 17.1 Å². The number of ether oxygens (including phenoxy) is 3. The van der Waals surface area contributed by atoms with Crippen LogP contribution in [0.25, 0.3) is 0 Å². The minimum absolute atomic E-state index is 0.106. The summed E-state index contributed by atoms with van der Waals surface area (Å²) < 4.78 is 15.5. The number of ketones is 1. The average Bonchev–Trinajstić information content (AvgIpc) is 2.34. The lowest BCUT2D eigenvalue weighted by atomic mass is 10.1. The maximum absolute atomic E-state index is 11.3. The molecule has 0 unspecified atom stereocenters. The fourth-order valence-electron chi connectivity index (χ4n) is 1.49. The number of Topliss-reactive ketones (excluding diaryl/α,β-unsaturated/α-hetero) is 1. The molecule has 0 aliphatic rings. The minimum Gasteiger partial charge on any atom is -0.507 e. The molecule has 18 heavy (non-hydrogen) atoms. The molecule has 1 aromatic carbocycles. The van der Waals surface area contributed by atoms with Crippen LogP contribution in [0.1, 0.15) is 23.7 Å². The van der Waals surface area contributed by atoms with Gasteiger partial charge in [-0.1, -0.05) is 0 Å². The monoisotopic (exact) mass is 254 g/mol. The molecule has 0 radical (unpaired) electrons. The van der Waals surface area contributed by atoms with Crippen molar-refractivity contribution in [1.29, 1.82) is 0 Å². The van der Waals surface area contributed by atoms with E-state index in [1.54, 1.807) is 7.11 Å². The van der Waals surface area contributed by atoms with Crippen LogP contribution in [-0.4, -0.2) is 38.3 Å². The fraction of sp³-hybridized carbons (Fsp3) is 0.462. The van der Waals surface area contributed by atoms with Crippen LogP contribution in [0.5, 0.6) is 17.2 Å². The van der Waals surface area contributed by atoms with Gasteiger partial charge in [0.2, 0.25) is 0 Å². The van der Waals surface area contributed by atoms with Crippen LogP contribution in [0.4, 0.5) is 0 Å². The van der Waals surface area contributed by atoms with E-state index < -0.39 is 0 Å². The summed E-state index contributed by atoms with van der Waals surface area (Å²) in [4.78, 5) is 11.3. The number of aromatic hydroxyl groups is 1. The van der Waals surface area contributed by atoms with E-state index in [0.29, 0.717) is 24.7 Å². The second kappa shape index (κ2) is 6.86. The minimum atomic E-state index is -0.225. The number of hydrogen-bond acceptors (Lipinski definition) is 5. The first-order valence-electron chi connectivity index (χ1n) is 5.63. The Hall–Kier alpha value is -1.75. The standard InChI is InChI=1S/C13H18O5/c1-9(14)10-7-12(17-3)13(8-11(10)15)18-6-4-5-16-2/h7-8,15H,4-6H2,1-3H3. The number of rotatable bonds is 7. The second-order valence-electron chi connectivity index (χ2n) is 3.77. The molecule has 0 saturated carbocycles.